The molecule has 1 aromatic heterocycles. The summed E-state index contributed by atoms with van der Waals surface area (Å²) in [7, 11) is 0. The first-order valence-electron chi connectivity index (χ1n) is 12.4. The number of rotatable bonds is 17. The molecule has 162 valence electrons. The van der Waals surface area contributed by atoms with Crippen molar-refractivity contribution < 1.29 is 4.57 Å². The Morgan fingerprint density at radius 1 is 0.759 bits per heavy atom. The number of aromatic amines is 1. The van der Waals surface area contributed by atoms with Gasteiger partial charge >= 0.3 is 0 Å². The van der Waals surface area contributed by atoms with Crippen LogP contribution in [0.15, 0.2) is 49.1 Å². The van der Waals surface area contributed by atoms with Crippen molar-refractivity contribution in [1.29, 1.82) is 0 Å². The first-order valence-corrected chi connectivity index (χ1v) is 12.4. The zero-order chi connectivity index (χ0) is 20.6. The maximum Gasteiger partial charge on any atom is 0.241 e. The molecule has 2 nitrogen and oxygen atoms in total. The van der Waals surface area contributed by atoms with Gasteiger partial charge in [0.25, 0.3) is 0 Å². The Kier molecular flexibility index (Phi) is 12.5. The molecule has 2 atom stereocenters. The number of hydrogen-bond acceptors (Lipinski definition) is 0. The molecule has 29 heavy (non-hydrogen) atoms. The van der Waals surface area contributed by atoms with Gasteiger partial charge < -0.3 is 0 Å². The van der Waals surface area contributed by atoms with Crippen LogP contribution < -0.4 is 4.57 Å². The molecular weight excluding hydrogens is 352 g/mol. The predicted molar refractivity (Wildman–Crippen MR) is 125 cm³/mol. The van der Waals surface area contributed by atoms with Crippen LogP contribution in [0.3, 0.4) is 0 Å². The highest BCUT2D eigenvalue weighted by molar-refractivity contribution is 5.15. The monoisotopic (exact) mass is 397 g/mol. The molecule has 1 aromatic carbocycles. The molecule has 0 aliphatic carbocycles. The fraction of sp³-hybridized carbons (Fsp3) is 0.667. The third-order valence-electron chi connectivity index (χ3n) is 6.37. The molecule has 2 rings (SSSR count). The molecule has 0 radical (unpaired) electrons. The van der Waals surface area contributed by atoms with Crippen LogP contribution in [0, 0.1) is 5.92 Å². The second-order valence-electron chi connectivity index (χ2n) is 8.84. The summed E-state index contributed by atoms with van der Waals surface area (Å²) in [6.45, 7) is 4.60. The van der Waals surface area contributed by atoms with E-state index in [1.54, 1.807) is 0 Å². The summed E-state index contributed by atoms with van der Waals surface area (Å²) >= 11 is 0. The standard InChI is InChI=1S/C27H44N2/c1-3-5-7-9-11-16-20-27(29-22-21-28-24-29)26(19-15-10-8-6-4-2)23-25-17-13-12-14-18-25/h12-14,17-18,21-22,24,26-27H,3-11,15-16,19-20,23H2,1-2H3/p+1. The van der Waals surface area contributed by atoms with Crippen LogP contribution in [-0.2, 0) is 6.42 Å². The summed E-state index contributed by atoms with van der Waals surface area (Å²) in [6.07, 6.45) is 25.5. The molecule has 0 amide bonds. The van der Waals surface area contributed by atoms with Crippen LogP contribution in [0.5, 0.6) is 0 Å². The Morgan fingerprint density at radius 3 is 2.00 bits per heavy atom. The van der Waals surface area contributed by atoms with Gasteiger partial charge in [-0.2, -0.15) is 0 Å². The number of nitrogens with one attached hydrogen (secondary N) is 1. The van der Waals surface area contributed by atoms with Crippen LogP contribution in [0.25, 0.3) is 0 Å². The van der Waals surface area contributed by atoms with Gasteiger partial charge in [0, 0.05) is 5.92 Å². The molecule has 1 heterocycles. The number of benzene rings is 1. The minimum Gasteiger partial charge on any atom is -0.250 e. The molecule has 0 spiro atoms. The zero-order valence-electron chi connectivity index (χ0n) is 19.1. The van der Waals surface area contributed by atoms with E-state index >= 15 is 0 Å². The minimum absolute atomic E-state index is 0.610. The third kappa shape index (κ3) is 9.65. The topological polar surface area (TPSA) is 19.7 Å². The summed E-state index contributed by atoms with van der Waals surface area (Å²) in [5, 5.41) is 0. The van der Waals surface area contributed by atoms with Gasteiger partial charge in [-0.25, -0.2) is 4.57 Å². The van der Waals surface area contributed by atoms with E-state index in [2.05, 4.69) is 72.5 Å². The lowest BCUT2D eigenvalue weighted by Crippen LogP contribution is -2.42. The average Bonchev–Trinajstić information content (AvgIpc) is 3.28. The molecule has 0 saturated carbocycles. The van der Waals surface area contributed by atoms with Gasteiger partial charge in [-0.3, -0.25) is 4.98 Å². The number of H-pyrrole nitrogens is 1. The second-order valence-corrected chi connectivity index (χ2v) is 8.84. The molecular formula is C27H45N2+. The Bertz CT molecular complexity index is 590. The molecule has 2 unspecified atom stereocenters. The first kappa shape index (κ1) is 23.7. The van der Waals surface area contributed by atoms with Crippen molar-refractivity contribution >= 4 is 0 Å². The van der Waals surface area contributed by atoms with E-state index in [0.29, 0.717) is 6.04 Å². The number of hydrogen-bond donors (Lipinski definition) is 1. The van der Waals surface area contributed by atoms with Gasteiger partial charge in [0.15, 0.2) is 0 Å². The van der Waals surface area contributed by atoms with E-state index in [1.165, 1.54) is 95.5 Å². The smallest absolute Gasteiger partial charge is 0.241 e. The maximum atomic E-state index is 3.29. The van der Waals surface area contributed by atoms with E-state index in [9.17, 15) is 0 Å². The van der Waals surface area contributed by atoms with Gasteiger partial charge in [0.1, 0.15) is 18.4 Å². The summed E-state index contributed by atoms with van der Waals surface area (Å²) in [5.74, 6) is 0.718. The fourth-order valence-corrected chi connectivity index (χ4v) is 4.63. The van der Waals surface area contributed by atoms with Crippen molar-refractivity contribution in [1.82, 2.24) is 4.98 Å². The van der Waals surface area contributed by atoms with Crippen molar-refractivity contribution in [3.8, 4) is 0 Å². The SMILES string of the molecule is CCCCCCCCC(C(CCCCCCC)Cc1ccccc1)[n+]1cc[nH]c1. The van der Waals surface area contributed by atoms with E-state index in [0.717, 1.165) is 5.92 Å². The number of aromatic nitrogens is 2. The quantitative estimate of drug-likeness (QED) is 0.207. The third-order valence-corrected chi connectivity index (χ3v) is 6.37. The van der Waals surface area contributed by atoms with E-state index in [4.69, 9.17) is 0 Å². The van der Waals surface area contributed by atoms with Crippen molar-refractivity contribution in [2.75, 3.05) is 0 Å². The Balaban J connectivity index is 1.99. The Hall–Kier alpha value is -1.57. The molecule has 2 heteroatoms. The highest BCUT2D eigenvalue weighted by Crippen LogP contribution is 2.29. The lowest BCUT2D eigenvalue weighted by Gasteiger charge is -2.25. The van der Waals surface area contributed by atoms with Crippen LogP contribution in [0.1, 0.15) is 109 Å². The largest absolute Gasteiger partial charge is 0.250 e. The van der Waals surface area contributed by atoms with Crippen LogP contribution in [0.2, 0.25) is 0 Å². The van der Waals surface area contributed by atoms with Crippen molar-refractivity contribution in [2.24, 2.45) is 5.92 Å². The van der Waals surface area contributed by atoms with Gasteiger partial charge in [-0.1, -0.05) is 108 Å². The van der Waals surface area contributed by atoms with Crippen molar-refractivity contribution in [2.45, 2.75) is 110 Å². The Labute approximate surface area is 180 Å². The molecule has 0 bridgehead atoms. The highest BCUT2D eigenvalue weighted by atomic mass is 15.1. The minimum atomic E-state index is 0.610. The summed E-state index contributed by atoms with van der Waals surface area (Å²) in [5.41, 5.74) is 1.50. The van der Waals surface area contributed by atoms with Crippen LogP contribution >= 0.6 is 0 Å². The summed E-state index contributed by atoms with van der Waals surface area (Å²) in [4.78, 5) is 3.29. The van der Waals surface area contributed by atoms with Gasteiger partial charge in [-0.15, -0.1) is 0 Å². The Morgan fingerprint density at radius 2 is 1.38 bits per heavy atom. The van der Waals surface area contributed by atoms with Crippen LogP contribution in [0.4, 0.5) is 0 Å². The molecule has 0 fully saturated rings. The second kappa shape index (κ2) is 15.3. The number of unbranched alkanes of at least 4 members (excludes halogenated alkanes) is 9. The molecule has 0 aliphatic heterocycles. The molecule has 0 saturated heterocycles. The van der Waals surface area contributed by atoms with Gasteiger partial charge in [-0.05, 0) is 31.2 Å². The van der Waals surface area contributed by atoms with Crippen LogP contribution in [-0.4, -0.2) is 4.98 Å². The highest BCUT2D eigenvalue weighted by Gasteiger charge is 2.26. The van der Waals surface area contributed by atoms with Crippen molar-refractivity contribution in [3.63, 3.8) is 0 Å². The molecule has 1 N–H and O–H groups in total. The fourth-order valence-electron chi connectivity index (χ4n) is 4.63. The zero-order valence-corrected chi connectivity index (χ0v) is 19.1. The van der Waals surface area contributed by atoms with Gasteiger partial charge in [0.05, 0.1) is 0 Å². The predicted octanol–water partition coefficient (Wildman–Crippen LogP) is 7.81. The molecule has 0 aliphatic rings. The lowest BCUT2D eigenvalue weighted by molar-refractivity contribution is -0.730. The van der Waals surface area contributed by atoms with E-state index in [1.807, 2.05) is 0 Å². The normalized spacial score (nSPS) is 13.4. The average molecular weight is 398 g/mol. The van der Waals surface area contributed by atoms with Gasteiger partial charge in [0.2, 0.25) is 6.33 Å². The van der Waals surface area contributed by atoms with E-state index in [-0.39, 0.29) is 0 Å². The number of nitrogens with zero attached hydrogens (tertiary/aromatic N) is 1. The van der Waals surface area contributed by atoms with E-state index < -0.39 is 0 Å². The maximum absolute atomic E-state index is 3.29. The molecule has 2 aromatic rings. The first-order chi connectivity index (χ1) is 14.3. The lowest BCUT2D eigenvalue weighted by atomic mass is 9.84. The van der Waals surface area contributed by atoms with Crippen molar-refractivity contribution in [3.05, 3.63) is 54.6 Å². The summed E-state index contributed by atoms with van der Waals surface area (Å²) in [6, 6.07) is 11.8. The number of imidazole rings is 1. The summed E-state index contributed by atoms with van der Waals surface area (Å²) < 4.78 is 2.46.